The standard InChI is InChI=1S/C23H23F3N2O3S/c1-14(2)22-16(11-28(27-22)18-6-4-17(5-7-18)23(24,25)26)13-32-19-8-9-20(15(3)10-19)31-12-21(29)30/h4-11,14H,12-13H2,1-3H3,(H,29,30). The minimum atomic E-state index is -4.38. The number of hydrogen-bond donors (Lipinski definition) is 1. The largest absolute Gasteiger partial charge is 0.482 e. The topological polar surface area (TPSA) is 64.4 Å². The van der Waals surface area contributed by atoms with E-state index in [1.165, 1.54) is 12.1 Å². The van der Waals surface area contributed by atoms with Gasteiger partial charge in [0.05, 0.1) is 16.9 Å². The molecule has 5 nitrogen and oxygen atoms in total. The first-order valence-electron chi connectivity index (χ1n) is 9.88. The Bertz CT molecular complexity index is 1090. The third kappa shape index (κ3) is 5.85. The van der Waals surface area contributed by atoms with Crippen molar-refractivity contribution in [2.75, 3.05) is 6.61 Å². The van der Waals surface area contributed by atoms with Crippen molar-refractivity contribution >= 4 is 17.7 Å². The second kappa shape index (κ2) is 9.68. The molecule has 0 fully saturated rings. The number of carbonyl (C=O) groups is 1. The molecule has 0 saturated heterocycles. The molecule has 1 N–H and O–H groups in total. The minimum Gasteiger partial charge on any atom is -0.482 e. The number of aromatic nitrogens is 2. The molecule has 32 heavy (non-hydrogen) atoms. The second-order valence-electron chi connectivity index (χ2n) is 7.58. The van der Waals surface area contributed by atoms with Gasteiger partial charge in [-0.1, -0.05) is 13.8 Å². The predicted octanol–water partition coefficient (Wildman–Crippen LogP) is 6.08. The molecule has 170 valence electrons. The van der Waals surface area contributed by atoms with E-state index in [4.69, 9.17) is 9.84 Å². The summed E-state index contributed by atoms with van der Waals surface area (Å²) in [4.78, 5) is 11.7. The number of alkyl halides is 3. The number of thioether (sulfide) groups is 1. The highest BCUT2D eigenvalue weighted by molar-refractivity contribution is 7.98. The molecule has 0 spiro atoms. The van der Waals surface area contributed by atoms with Crippen LogP contribution in [0.3, 0.4) is 0 Å². The molecule has 0 unspecified atom stereocenters. The maximum Gasteiger partial charge on any atom is 0.416 e. The Kier molecular flexibility index (Phi) is 7.18. The Balaban J connectivity index is 1.76. The number of hydrogen-bond acceptors (Lipinski definition) is 4. The van der Waals surface area contributed by atoms with E-state index >= 15 is 0 Å². The number of carboxylic acids is 1. The predicted molar refractivity (Wildman–Crippen MR) is 117 cm³/mol. The lowest BCUT2D eigenvalue weighted by atomic mass is 10.1. The van der Waals surface area contributed by atoms with E-state index in [0.29, 0.717) is 17.2 Å². The molecule has 1 aromatic heterocycles. The van der Waals surface area contributed by atoms with E-state index < -0.39 is 24.3 Å². The zero-order valence-corrected chi connectivity index (χ0v) is 18.6. The van der Waals surface area contributed by atoms with E-state index in [1.54, 1.807) is 22.5 Å². The van der Waals surface area contributed by atoms with Gasteiger partial charge in [0.2, 0.25) is 0 Å². The van der Waals surface area contributed by atoms with Gasteiger partial charge >= 0.3 is 12.1 Å². The van der Waals surface area contributed by atoms with Crippen molar-refractivity contribution in [3.63, 3.8) is 0 Å². The van der Waals surface area contributed by atoms with Crippen LogP contribution in [-0.2, 0) is 16.7 Å². The maximum absolute atomic E-state index is 12.8. The lowest BCUT2D eigenvalue weighted by Gasteiger charge is -2.09. The summed E-state index contributed by atoms with van der Waals surface area (Å²) in [6.45, 7) is 5.50. The molecule has 0 aliphatic carbocycles. The van der Waals surface area contributed by atoms with Crippen molar-refractivity contribution < 1.29 is 27.8 Å². The number of halogens is 3. The van der Waals surface area contributed by atoms with E-state index in [9.17, 15) is 18.0 Å². The minimum absolute atomic E-state index is 0.148. The zero-order chi connectivity index (χ0) is 23.5. The van der Waals surface area contributed by atoms with Gasteiger partial charge in [-0.2, -0.15) is 18.3 Å². The number of nitrogens with zero attached hydrogens (tertiary/aromatic N) is 2. The third-order valence-corrected chi connectivity index (χ3v) is 5.76. The van der Waals surface area contributed by atoms with Gasteiger partial charge in [-0.25, -0.2) is 9.48 Å². The summed E-state index contributed by atoms with van der Waals surface area (Å²) < 4.78 is 45.4. The first kappa shape index (κ1) is 23.7. The number of aryl methyl sites for hydroxylation is 1. The number of carboxylic acid groups (broad SMARTS) is 1. The van der Waals surface area contributed by atoms with Gasteiger partial charge in [0.1, 0.15) is 5.75 Å². The molecule has 0 aliphatic rings. The first-order valence-corrected chi connectivity index (χ1v) is 10.9. The summed E-state index contributed by atoms with van der Waals surface area (Å²) in [6, 6.07) is 10.5. The Morgan fingerprint density at radius 1 is 1.19 bits per heavy atom. The Morgan fingerprint density at radius 2 is 1.88 bits per heavy atom. The number of benzene rings is 2. The van der Waals surface area contributed by atoms with Crippen LogP contribution in [-0.4, -0.2) is 27.5 Å². The summed E-state index contributed by atoms with van der Waals surface area (Å²) in [5.41, 5.74) is 2.58. The Hall–Kier alpha value is -2.94. The van der Waals surface area contributed by atoms with E-state index in [0.717, 1.165) is 33.8 Å². The van der Waals surface area contributed by atoms with Gasteiger partial charge in [0.25, 0.3) is 0 Å². The molecular weight excluding hydrogens is 441 g/mol. The molecule has 0 amide bonds. The molecule has 0 aliphatic heterocycles. The SMILES string of the molecule is Cc1cc(SCc2cn(-c3ccc(C(F)(F)F)cc3)nc2C(C)C)ccc1OCC(=O)O. The van der Waals surface area contributed by atoms with Crippen LogP contribution in [0.2, 0.25) is 0 Å². The third-order valence-electron chi connectivity index (χ3n) is 4.72. The van der Waals surface area contributed by atoms with Crippen molar-refractivity contribution in [1.29, 1.82) is 0 Å². The van der Waals surface area contributed by atoms with Gasteiger partial charge in [-0.3, -0.25) is 0 Å². The lowest BCUT2D eigenvalue weighted by molar-refractivity contribution is -0.139. The molecule has 1 heterocycles. The van der Waals surface area contributed by atoms with Crippen LogP contribution in [0.1, 0.15) is 42.1 Å². The van der Waals surface area contributed by atoms with Crippen LogP contribution in [0.15, 0.2) is 53.6 Å². The van der Waals surface area contributed by atoms with E-state index in [-0.39, 0.29) is 5.92 Å². The molecule has 0 bridgehead atoms. The normalized spacial score (nSPS) is 11.7. The average molecular weight is 465 g/mol. The van der Waals surface area contributed by atoms with Gasteiger partial charge in [-0.15, -0.1) is 11.8 Å². The molecule has 9 heteroatoms. The zero-order valence-electron chi connectivity index (χ0n) is 17.8. The highest BCUT2D eigenvalue weighted by atomic mass is 32.2. The summed E-state index contributed by atoms with van der Waals surface area (Å²) in [5, 5.41) is 13.4. The smallest absolute Gasteiger partial charge is 0.416 e. The number of rotatable bonds is 8. The van der Waals surface area contributed by atoms with Crippen LogP contribution >= 0.6 is 11.8 Å². The van der Waals surface area contributed by atoms with Crippen LogP contribution in [0.5, 0.6) is 5.75 Å². The lowest BCUT2D eigenvalue weighted by Crippen LogP contribution is -2.09. The highest BCUT2D eigenvalue weighted by Crippen LogP contribution is 2.32. The molecule has 0 radical (unpaired) electrons. The fraction of sp³-hybridized carbons (Fsp3) is 0.304. The van der Waals surface area contributed by atoms with Crippen molar-refractivity contribution in [3.8, 4) is 11.4 Å². The van der Waals surface area contributed by atoms with Crippen molar-refractivity contribution in [3.05, 3.63) is 71.0 Å². The Labute approximate surface area is 188 Å². The van der Waals surface area contributed by atoms with Gasteiger partial charge in [0, 0.05) is 22.4 Å². The van der Waals surface area contributed by atoms with Crippen LogP contribution < -0.4 is 4.74 Å². The fourth-order valence-electron chi connectivity index (χ4n) is 3.13. The first-order chi connectivity index (χ1) is 15.0. The molecule has 0 atom stereocenters. The molecule has 3 aromatic rings. The fourth-order valence-corrected chi connectivity index (χ4v) is 4.10. The molecule has 0 saturated carbocycles. The molecule has 3 rings (SSSR count). The molecular formula is C23H23F3N2O3S. The summed E-state index contributed by atoms with van der Waals surface area (Å²) in [6.07, 6.45) is -2.53. The monoisotopic (exact) mass is 464 g/mol. The Morgan fingerprint density at radius 3 is 2.44 bits per heavy atom. The molecule has 2 aromatic carbocycles. The van der Waals surface area contributed by atoms with Gasteiger partial charge < -0.3 is 9.84 Å². The quantitative estimate of drug-likeness (QED) is 0.410. The van der Waals surface area contributed by atoms with Crippen LogP contribution in [0.4, 0.5) is 13.2 Å². The average Bonchev–Trinajstić information content (AvgIpc) is 3.15. The number of ether oxygens (including phenoxy) is 1. The van der Waals surface area contributed by atoms with E-state index in [1.807, 2.05) is 39.1 Å². The van der Waals surface area contributed by atoms with Crippen molar-refractivity contribution in [2.45, 2.75) is 43.5 Å². The second-order valence-corrected chi connectivity index (χ2v) is 8.63. The van der Waals surface area contributed by atoms with E-state index in [2.05, 4.69) is 5.10 Å². The maximum atomic E-state index is 12.8. The van der Waals surface area contributed by atoms with Crippen molar-refractivity contribution in [1.82, 2.24) is 9.78 Å². The summed E-state index contributed by atoms with van der Waals surface area (Å²) >= 11 is 1.59. The van der Waals surface area contributed by atoms with Crippen LogP contribution in [0, 0.1) is 6.92 Å². The van der Waals surface area contributed by atoms with Crippen LogP contribution in [0.25, 0.3) is 5.69 Å². The number of aliphatic carboxylic acids is 1. The van der Waals surface area contributed by atoms with Gasteiger partial charge in [-0.05, 0) is 60.9 Å². The van der Waals surface area contributed by atoms with Crippen molar-refractivity contribution in [2.24, 2.45) is 0 Å². The summed E-state index contributed by atoms with van der Waals surface area (Å²) in [7, 11) is 0. The van der Waals surface area contributed by atoms with Gasteiger partial charge in [0.15, 0.2) is 6.61 Å². The highest BCUT2D eigenvalue weighted by Gasteiger charge is 2.30. The summed E-state index contributed by atoms with van der Waals surface area (Å²) in [5.74, 6) is 0.266.